The van der Waals surface area contributed by atoms with Crippen LogP contribution in [0.25, 0.3) is 5.69 Å². The highest BCUT2D eigenvalue weighted by Crippen LogP contribution is 2.23. The van der Waals surface area contributed by atoms with Gasteiger partial charge < -0.3 is 13.9 Å². The highest BCUT2D eigenvalue weighted by Gasteiger charge is 2.22. The molecule has 4 aromatic rings. The predicted molar refractivity (Wildman–Crippen MR) is 107 cm³/mol. The number of benzene rings is 1. The van der Waals surface area contributed by atoms with Gasteiger partial charge in [-0.1, -0.05) is 30.3 Å². The van der Waals surface area contributed by atoms with Gasteiger partial charge in [0.25, 0.3) is 0 Å². The zero-order valence-electron chi connectivity index (χ0n) is 16.0. The van der Waals surface area contributed by atoms with Crippen LogP contribution in [0.5, 0.6) is 0 Å². The average molecular weight is 387 g/mol. The molecule has 3 aromatic heterocycles. The maximum atomic E-state index is 12.8. The minimum Gasteiger partial charge on any atom is -0.449 e. The predicted octanol–water partition coefficient (Wildman–Crippen LogP) is 3.53. The highest BCUT2D eigenvalue weighted by molar-refractivity contribution is 5.88. The maximum Gasteiger partial charge on any atom is 0.357 e. The number of rotatable bonds is 7. The Hall–Kier alpha value is -3.74. The van der Waals surface area contributed by atoms with Gasteiger partial charge in [0, 0.05) is 38.0 Å². The summed E-state index contributed by atoms with van der Waals surface area (Å²) in [5.41, 5.74) is 2.22. The molecule has 0 aliphatic carbocycles. The second-order valence-electron chi connectivity index (χ2n) is 6.68. The Morgan fingerprint density at radius 1 is 1.07 bits per heavy atom. The number of carbonyl (C=O) groups is 1. The molecule has 29 heavy (non-hydrogen) atoms. The van der Waals surface area contributed by atoms with Crippen LogP contribution in [-0.2, 0) is 18.2 Å². The molecule has 0 N–H and O–H groups in total. The standard InChI is InChI=1S/C22H21N5O2/c1-26-13-12-25-21(26)20(8-7-17-5-3-2-4-6-17)29-22(28)19-15-18(9-10-24-19)27-14-11-23-16-27/h2-6,9-16,20H,7-8H2,1H3. The Kier molecular flexibility index (Phi) is 5.47. The number of pyridine rings is 1. The molecule has 0 spiro atoms. The fourth-order valence-corrected chi connectivity index (χ4v) is 3.16. The summed E-state index contributed by atoms with van der Waals surface area (Å²) in [6.07, 6.45) is 11.2. The van der Waals surface area contributed by atoms with Crippen molar-refractivity contribution in [3.63, 3.8) is 0 Å². The lowest BCUT2D eigenvalue weighted by molar-refractivity contribution is 0.0243. The van der Waals surface area contributed by atoms with E-state index in [1.54, 1.807) is 37.2 Å². The molecule has 0 saturated carbocycles. The largest absolute Gasteiger partial charge is 0.449 e. The fourth-order valence-electron chi connectivity index (χ4n) is 3.16. The molecular weight excluding hydrogens is 366 g/mol. The minimum atomic E-state index is -0.479. The van der Waals surface area contributed by atoms with Crippen molar-refractivity contribution in [2.75, 3.05) is 0 Å². The highest BCUT2D eigenvalue weighted by atomic mass is 16.5. The molecule has 4 rings (SSSR count). The van der Waals surface area contributed by atoms with E-state index < -0.39 is 12.1 Å². The molecule has 0 radical (unpaired) electrons. The summed E-state index contributed by atoms with van der Waals surface area (Å²) in [6.45, 7) is 0. The van der Waals surface area contributed by atoms with Crippen LogP contribution in [0.2, 0.25) is 0 Å². The first-order chi connectivity index (χ1) is 14.2. The monoisotopic (exact) mass is 387 g/mol. The Morgan fingerprint density at radius 3 is 2.66 bits per heavy atom. The number of ether oxygens (including phenoxy) is 1. The molecule has 1 unspecified atom stereocenters. The zero-order chi connectivity index (χ0) is 20.1. The van der Waals surface area contributed by atoms with Crippen LogP contribution in [-0.4, -0.2) is 30.1 Å². The second kappa shape index (κ2) is 8.52. The Bertz CT molecular complexity index is 1070. The van der Waals surface area contributed by atoms with Crippen molar-refractivity contribution >= 4 is 5.97 Å². The molecule has 0 amide bonds. The normalized spacial score (nSPS) is 11.9. The lowest BCUT2D eigenvalue weighted by Gasteiger charge is -2.18. The molecule has 3 heterocycles. The van der Waals surface area contributed by atoms with Crippen LogP contribution in [0.1, 0.15) is 34.4 Å². The topological polar surface area (TPSA) is 74.8 Å². The number of hydrogen-bond donors (Lipinski definition) is 0. The van der Waals surface area contributed by atoms with E-state index in [2.05, 4.69) is 27.1 Å². The van der Waals surface area contributed by atoms with Crippen LogP contribution in [0.4, 0.5) is 0 Å². The average Bonchev–Trinajstić information content (AvgIpc) is 3.44. The van der Waals surface area contributed by atoms with Crippen LogP contribution in [0, 0.1) is 0 Å². The molecule has 7 heteroatoms. The maximum absolute atomic E-state index is 12.8. The summed E-state index contributed by atoms with van der Waals surface area (Å²) in [4.78, 5) is 25.5. The molecule has 0 saturated heterocycles. The Balaban J connectivity index is 1.53. The third-order valence-electron chi connectivity index (χ3n) is 4.69. The molecular formula is C22H21N5O2. The number of nitrogens with zero attached hydrogens (tertiary/aromatic N) is 5. The van der Waals surface area contributed by atoms with Gasteiger partial charge in [-0.15, -0.1) is 0 Å². The van der Waals surface area contributed by atoms with E-state index in [-0.39, 0.29) is 5.69 Å². The number of aromatic nitrogens is 5. The third-order valence-corrected chi connectivity index (χ3v) is 4.69. The summed E-state index contributed by atoms with van der Waals surface area (Å²) in [5.74, 6) is 0.230. The third kappa shape index (κ3) is 4.40. The molecule has 0 fully saturated rings. The van der Waals surface area contributed by atoms with Crippen molar-refractivity contribution in [1.29, 1.82) is 0 Å². The number of esters is 1. The Morgan fingerprint density at radius 2 is 1.93 bits per heavy atom. The van der Waals surface area contributed by atoms with Gasteiger partial charge in [-0.2, -0.15) is 0 Å². The van der Waals surface area contributed by atoms with Gasteiger partial charge >= 0.3 is 5.97 Å². The molecule has 146 valence electrons. The molecule has 1 atom stereocenters. The van der Waals surface area contributed by atoms with E-state index in [1.807, 2.05) is 46.6 Å². The van der Waals surface area contributed by atoms with Crippen LogP contribution in [0.15, 0.2) is 79.8 Å². The zero-order valence-corrected chi connectivity index (χ0v) is 16.0. The van der Waals surface area contributed by atoms with E-state index in [1.165, 1.54) is 5.56 Å². The minimum absolute atomic E-state index is 0.245. The van der Waals surface area contributed by atoms with Crippen molar-refractivity contribution in [3.8, 4) is 5.69 Å². The van der Waals surface area contributed by atoms with Crippen LogP contribution >= 0.6 is 0 Å². The van der Waals surface area contributed by atoms with Gasteiger partial charge in [0.1, 0.15) is 11.5 Å². The van der Waals surface area contributed by atoms with Gasteiger partial charge in [-0.3, -0.25) is 0 Å². The van der Waals surface area contributed by atoms with E-state index in [0.717, 1.165) is 12.1 Å². The van der Waals surface area contributed by atoms with Crippen LogP contribution < -0.4 is 0 Å². The van der Waals surface area contributed by atoms with E-state index in [0.29, 0.717) is 12.2 Å². The number of imidazole rings is 2. The smallest absolute Gasteiger partial charge is 0.357 e. The first-order valence-corrected chi connectivity index (χ1v) is 9.37. The van der Waals surface area contributed by atoms with Crippen molar-refractivity contribution in [2.24, 2.45) is 7.05 Å². The first kappa shape index (κ1) is 18.6. The van der Waals surface area contributed by atoms with Gasteiger partial charge in [0.15, 0.2) is 6.10 Å². The second-order valence-corrected chi connectivity index (χ2v) is 6.68. The van der Waals surface area contributed by atoms with E-state index in [4.69, 9.17) is 4.74 Å². The number of hydrogen-bond acceptors (Lipinski definition) is 5. The first-order valence-electron chi connectivity index (χ1n) is 9.37. The van der Waals surface area contributed by atoms with Gasteiger partial charge in [-0.25, -0.2) is 19.7 Å². The summed E-state index contributed by atoms with van der Waals surface area (Å²) >= 11 is 0. The van der Waals surface area contributed by atoms with Crippen molar-refractivity contribution < 1.29 is 9.53 Å². The lowest BCUT2D eigenvalue weighted by Crippen LogP contribution is -2.17. The molecule has 1 aromatic carbocycles. The SMILES string of the molecule is Cn1ccnc1C(CCc1ccccc1)OC(=O)c1cc(-n2ccnc2)ccn1. The fraction of sp³-hybridized carbons (Fsp3) is 0.182. The molecule has 0 bridgehead atoms. The molecule has 0 aliphatic heterocycles. The summed E-state index contributed by atoms with van der Waals surface area (Å²) in [5, 5.41) is 0. The van der Waals surface area contributed by atoms with E-state index >= 15 is 0 Å². The van der Waals surface area contributed by atoms with Crippen LogP contribution in [0.3, 0.4) is 0 Å². The number of carbonyl (C=O) groups excluding carboxylic acids is 1. The quantitative estimate of drug-likeness (QED) is 0.454. The number of aryl methyl sites for hydroxylation is 2. The van der Waals surface area contributed by atoms with Gasteiger partial charge in [-0.05, 0) is 30.5 Å². The van der Waals surface area contributed by atoms with E-state index in [9.17, 15) is 4.79 Å². The summed E-state index contributed by atoms with van der Waals surface area (Å²) in [6, 6.07) is 13.6. The lowest BCUT2D eigenvalue weighted by atomic mass is 10.1. The van der Waals surface area contributed by atoms with Crippen molar-refractivity contribution in [2.45, 2.75) is 18.9 Å². The van der Waals surface area contributed by atoms with Gasteiger partial charge in [0.05, 0.1) is 12.0 Å². The van der Waals surface area contributed by atoms with Crippen molar-refractivity contribution in [3.05, 3.63) is 96.9 Å². The Labute approximate surface area is 168 Å². The molecule has 7 nitrogen and oxygen atoms in total. The molecule has 0 aliphatic rings. The van der Waals surface area contributed by atoms with Gasteiger partial charge in [0.2, 0.25) is 0 Å². The summed E-state index contributed by atoms with van der Waals surface area (Å²) in [7, 11) is 1.89. The van der Waals surface area contributed by atoms with Crippen molar-refractivity contribution in [1.82, 2.24) is 24.1 Å². The summed E-state index contributed by atoms with van der Waals surface area (Å²) < 4.78 is 9.53.